The number of thioether (sulfide) groups is 1. The van der Waals surface area contributed by atoms with Crippen LogP contribution >= 0.6 is 34.7 Å². The molecule has 63 heavy (non-hydrogen) atoms. The van der Waals surface area contributed by atoms with Crippen molar-refractivity contribution in [1.29, 1.82) is 0 Å². The predicted molar refractivity (Wildman–Crippen MR) is 231 cm³/mol. The monoisotopic (exact) mass is 912 g/mol. The van der Waals surface area contributed by atoms with Crippen LogP contribution in [0.3, 0.4) is 0 Å². The molecule has 2 aromatic carbocycles. The molecular formula is C44H41ClN6O10S2. The fourth-order valence-electron chi connectivity index (χ4n) is 7.78. The number of nitrogens with zero attached hydrogens (tertiary/aromatic N) is 4. The van der Waals surface area contributed by atoms with Gasteiger partial charge < -0.3 is 36.0 Å². The molecule has 326 valence electrons. The molecule has 1 saturated carbocycles. The molecule has 2 aliphatic carbocycles. The maximum Gasteiger partial charge on any atom is 0.350 e. The zero-order valence-corrected chi connectivity index (χ0v) is 36.2. The number of nitrogen functional groups attached to an aromatic ring is 1. The summed E-state index contributed by atoms with van der Waals surface area (Å²) in [6, 6.07) is 19.0. The standard InChI is InChI=1S/C22H19ClO3.C22H22N6O7S2/c23-16-11-9-14(10-12-16)13-5-7-15(8-6-13)19-20(24)17-3-1-2-4-18(17)21(25)22(19)26;1-22(2,20(33)34)35-26-13(12-10-37-21(23)24-12)16(29)25-14-17(30)28-15(19(31)32)11(9-36-18(14)28)8-27-6-4-3-5-7-27/h1-4,9-13,15,24H,5-8H2;3-7,10,14,18H,8-9H2,1-2H3,(H4-,23,24,25,29,31,32,33,34)/b;26-13-/t;14-,18-/m.1/s1. The summed E-state index contributed by atoms with van der Waals surface area (Å²) in [6.07, 6.45) is 6.97. The van der Waals surface area contributed by atoms with Crippen molar-refractivity contribution in [3.8, 4) is 0 Å². The topological polar surface area (TPSA) is 246 Å². The zero-order valence-electron chi connectivity index (χ0n) is 33.9. The number of anilines is 1. The lowest BCUT2D eigenvalue weighted by atomic mass is 9.72. The van der Waals surface area contributed by atoms with Crippen molar-refractivity contribution >= 4 is 86.6 Å². The summed E-state index contributed by atoms with van der Waals surface area (Å²) in [6.45, 7) is 2.74. The fraction of sp³-hybridized carbons (Fsp3) is 0.295. The van der Waals surface area contributed by atoms with Gasteiger partial charge in [0.1, 0.15) is 22.9 Å². The summed E-state index contributed by atoms with van der Waals surface area (Å²) in [5.74, 6) is -4.71. The quantitative estimate of drug-likeness (QED) is 0.0546. The summed E-state index contributed by atoms with van der Waals surface area (Å²) in [4.78, 5) is 84.7. The lowest BCUT2D eigenvalue weighted by Gasteiger charge is -2.50. The molecule has 19 heteroatoms. The Hall–Kier alpha value is -6.37. The number of carboxylic acids is 2. The van der Waals surface area contributed by atoms with Crippen molar-refractivity contribution in [3.63, 3.8) is 0 Å². The van der Waals surface area contributed by atoms with Crippen LogP contribution in [0, 0.1) is 5.92 Å². The Morgan fingerprint density at radius 3 is 2.25 bits per heavy atom. The number of carbonyl (C=O) groups is 6. The lowest BCUT2D eigenvalue weighted by molar-refractivity contribution is -0.689. The summed E-state index contributed by atoms with van der Waals surface area (Å²) in [5, 5.41) is 39.8. The van der Waals surface area contributed by atoms with Crippen molar-refractivity contribution in [2.45, 2.75) is 69.0 Å². The van der Waals surface area contributed by atoms with E-state index in [-0.39, 0.29) is 40.5 Å². The molecule has 4 aromatic rings. The Balaban J connectivity index is 0.000000200. The SMILES string of the molecule is CC(C)(O/N=C(\C(=O)N[C@@H]1C(=O)N2C(C(=O)[O-])=C(C[n+]3ccccc3)CS[C@H]12)c1csc(N)n1)C(=O)O.O=C1C(=O)c2ccccc2C(O)=C1C1CCC(c2ccc(Cl)cc2)CC1. The zero-order chi connectivity index (χ0) is 45.2. The highest BCUT2D eigenvalue weighted by Gasteiger charge is 2.53. The van der Waals surface area contributed by atoms with Crippen molar-refractivity contribution in [1.82, 2.24) is 15.2 Å². The summed E-state index contributed by atoms with van der Waals surface area (Å²) >= 11 is 8.28. The molecule has 2 fully saturated rings. The molecular weight excluding hydrogens is 872 g/mol. The minimum Gasteiger partial charge on any atom is -0.543 e. The number of amides is 2. The highest BCUT2D eigenvalue weighted by molar-refractivity contribution is 8.00. The number of carbonyl (C=O) groups excluding carboxylic acids is 5. The summed E-state index contributed by atoms with van der Waals surface area (Å²) < 4.78 is 1.78. The first-order valence-corrected chi connectivity index (χ1v) is 22.1. The second kappa shape index (κ2) is 18.5. The molecule has 0 unspecified atom stereocenters. The minimum atomic E-state index is -1.75. The molecule has 1 saturated heterocycles. The number of halogens is 1. The van der Waals surface area contributed by atoms with Crippen molar-refractivity contribution < 1.29 is 53.5 Å². The van der Waals surface area contributed by atoms with Gasteiger partial charge in [-0.2, -0.15) is 0 Å². The van der Waals surface area contributed by atoms with Gasteiger partial charge in [-0.15, -0.1) is 23.1 Å². The number of nitrogens with one attached hydrogen (secondary N) is 1. The van der Waals surface area contributed by atoms with Crippen LogP contribution in [-0.4, -0.2) is 83.9 Å². The number of aliphatic hydroxyl groups is 1. The number of ketones is 2. The van der Waals surface area contributed by atoms with Crippen LogP contribution in [0.25, 0.3) is 5.76 Å². The summed E-state index contributed by atoms with van der Waals surface area (Å²) in [5.41, 5.74) is 6.17. The van der Waals surface area contributed by atoms with Crippen LogP contribution in [0.4, 0.5) is 5.13 Å². The Labute approximate surface area is 374 Å². The van der Waals surface area contributed by atoms with Crippen LogP contribution in [0.2, 0.25) is 5.02 Å². The molecule has 0 radical (unpaired) electrons. The Morgan fingerprint density at radius 2 is 1.63 bits per heavy atom. The molecule has 2 atom stereocenters. The third kappa shape index (κ3) is 9.38. The lowest BCUT2D eigenvalue weighted by Crippen LogP contribution is -2.71. The first-order valence-electron chi connectivity index (χ1n) is 19.8. The van der Waals surface area contributed by atoms with Gasteiger partial charge in [0.05, 0.1) is 11.7 Å². The molecule has 2 aliphatic heterocycles. The van der Waals surface area contributed by atoms with Crippen molar-refractivity contribution in [3.05, 3.63) is 129 Å². The van der Waals surface area contributed by atoms with E-state index < -0.39 is 52.3 Å². The van der Waals surface area contributed by atoms with E-state index in [0.717, 1.165) is 46.9 Å². The molecule has 8 rings (SSSR count). The molecule has 5 N–H and O–H groups in total. The number of hydrogen-bond acceptors (Lipinski definition) is 14. The molecule has 2 aromatic heterocycles. The second-order valence-electron chi connectivity index (χ2n) is 15.6. The van der Waals surface area contributed by atoms with Crippen LogP contribution in [-0.2, 0) is 35.4 Å². The van der Waals surface area contributed by atoms with E-state index in [1.165, 1.54) is 36.6 Å². The minimum absolute atomic E-state index is 0.0138. The second-order valence-corrected chi connectivity index (χ2v) is 18.1. The van der Waals surface area contributed by atoms with Crippen LogP contribution in [0.5, 0.6) is 0 Å². The van der Waals surface area contributed by atoms with Gasteiger partial charge in [-0.25, -0.2) is 14.3 Å². The van der Waals surface area contributed by atoms with Gasteiger partial charge in [-0.1, -0.05) is 59.2 Å². The number of carboxylic acid groups (broad SMARTS) is 2. The van der Waals surface area contributed by atoms with Gasteiger partial charge in [0.25, 0.3) is 11.8 Å². The van der Waals surface area contributed by atoms with Crippen LogP contribution in [0.15, 0.2) is 107 Å². The van der Waals surface area contributed by atoms with E-state index in [0.29, 0.717) is 33.9 Å². The smallest absolute Gasteiger partial charge is 0.350 e. The summed E-state index contributed by atoms with van der Waals surface area (Å²) in [7, 11) is 0. The van der Waals surface area contributed by atoms with E-state index in [1.54, 1.807) is 53.4 Å². The van der Waals surface area contributed by atoms with E-state index in [4.69, 9.17) is 22.2 Å². The third-order valence-electron chi connectivity index (χ3n) is 11.1. The number of fused-ring (bicyclic) bond motifs is 2. The molecule has 4 heterocycles. The maximum atomic E-state index is 13.1. The first kappa shape index (κ1) is 44.7. The number of benzene rings is 2. The number of aromatic nitrogens is 2. The molecule has 2 amide bonds. The Kier molecular flexibility index (Phi) is 13.1. The highest BCUT2D eigenvalue weighted by atomic mass is 35.5. The molecule has 16 nitrogen and oxygen atoms in total. The largest absolute Gasteiger partial charge is 0.543 e. The number of nitrogens with two attached hydrogens (primary N) is 1. The van der Waals surface area contributed by atoms with E-state index in [2.05, 4.69) is 27.6 Å². The number of thiazole rings is 1. The first-order chi connectivity index (χ1) is 30.0. The van der Waals surface area contributed by atoms with Gasteiger partial charge in [-0.3, -0.25) is 24.1 Å². The average molecular weight is 913 g/mol. The van der Waals surface area contributed by atoms with Crippen molar-refractivity contribution in [2.75, 3.05) is 11.5 Å². The van der Waals surface area contributed by atoms with E-state index >= 15 is 0 Å². The Morgan fingerprint density at radius 1 is 0.984 bits per heavy atom. The average Bonchev–Trinajstić information content (AvgIpc) is 3.71. The normalized spacial score (nSPS) is 21.1. The van der Waals surface area contributed by atoms with Gasteiger partial charge in [0.15, 0.2) is 29.8 Å². The molecule has 4 aliphatic rings. The predicted octanol–water partition coefficient (Wildman–Crippen LogP) is 4.05. The number of β-lactam (4-membered cyclic amide) rings is 1. The van der Waals surface area contributed by atoms with Crippen LogP contribution < -0.4 is 20.7 Å². The number of Topliss-reactive ketones (excluding diaryl/α,β-unsaturated/α-hetero) is 2. The molecule has 0 bridgehead atoms. The van der Waals surface area contributed by atoms with Gasteiger partial charge in [-0.05, 0) is 69.1 Å². The molecule has 0 spiro atoms. The number of allylic oxidation sites excluding steroid dienone is 1. The van der Waals surface area contributed by atoms with E-state index in [1.807, 2.05) is 18.2 Å². The third-order valence-corrected chi connectivity index (χ3v) is 13.4. The number of pyridine rings is 1. The van der Waals surface area contributed by atoms with E-state index in [9.17, 15) is 44.1 Å². The van der Waals surface area contributed by atoms with Crippen LogP contribution in [0.1, 0.15) is 72.6 Å². The van der Waals surface area contributed by atoms with Gasteiger partial charge in [0.2, 0.25) is 17.2 Å². The Bertz CT molecular complexity index is 2590. The fourth-order valence-corrected chi connectivity index (χ4v) is 9.79. The number of rotatable bonds is 11. The van der Waals surface area contributed by atoms with Gasteiger partial charge in [0, 0.05) is 50.6 Å². The highest BCUT2D eigenvalue weighted by Crippen LogP contribution is 2.43. The number of hydrogen-bond donors (Lipinski definition) is 4. The number of oxime groups is 1. The maximum absolute atomic E-state index is 13.1. The van der Waals surface area contributed by atoms with Crippen molar-refractivity contribution in [2.24, 2.45) is 11.1 Å². The number of aliphatic carboxylic acids is 2. The number of aliphatic hydroxyl groups excluding tert-OH is 1. The van der Waals surface area contributed by atoms with Gasteiger partial charge >= 0.3 is 5.97 Å².